The first-order valence-corrected chi connectivity index (χ1v) is 13.1. The van der Waals surface area contributed by atoms with Crippen molar-refractivity contribution in [3.63, 3.8) is 0 Å². The molecule has 0 radical (unpaired) electrons. The number of hydrogen-bond acceptors (Lipinski definition) is 17. The van der Waals surface area contributed by atoms with Crippen LogP contribution in [0.1, 0.15) is 34.0 Å². The number of amides is 3. The Hall–Kier alpha value is -3.67. The zero-order chi connectivity index (χ0) is 33.5. The van der Waals surface area contributed by atoms with E-state index in [1.807, 2.05) is 0 Å². The lowest BCUT2D eigenvalue weighted by Gasteiger charge is -2.56. The molecule has 0 aromatic heterocycles. The number of carbonyl (C=O) groups is 3. The molecule has 2 atom stereocenters. The summed E-state index contributed by atoms with van der Waals surface area (Å²) in [5.74, 6) is -25.8. The summed E-state index contributed by atoms with van der Waals surface area (Å²) in [6, 6.07) is 8.06. The van der Waals surface area contributed by atoms with Crippen LogP contribution in [0, 0.1) is 0 Å². The van der Waals surface area contributed by atoms with Gasteiger partial charge in [-0.25, -0.2) is 0 Å². The van der Waals surface area contributed by atoms with Gasteiger partial charge in [0.15, 0.2) is 6.04 Å². The van der Waals surface area contributed by atoms with E-state index in [1.54, 1.807) is 11.4 Å². The SMILES string of the molecule is CC1(O)OC(O)(O)C(O)(O)N(Cc2ccc(CNc3cccc4c3CN(C3C(=O)NC(=O)C(O)(O)C3(O)O)C4=O)cc2)C1(O)O. The Kier molecular flexibility index (Phi) is 7.39. The molecule has 244 valence electrons. The van der Waals surface area contributed by atoms with Crippen LogP contribution < -0.4 is 10.6 Å². The molecule has 3 aliphatic heterocycles. The molecule has 19 nitrogen and oxygen atoms in total. The molecule has 2 fully saturated rings. The van der Waals surface area contributed by atoms with Gasteiger partial charge in [0, 0.05) is 36.4 Å². The molecule has 45 heavy (non-hydrogen) atoms. The van der Waals surface area contributed by atoms with E-state index in [0.717, 1.165) is 0 Å². The van der Waals surface area contributed by atoms with E-state index in [2.05, 4.69) is 10.1 Å². The molecule has 2 saturated heterocycles. The van der Waals surface area contributed by atoms with E-state index in [1.165, 1.54) is 36.4 Å². The number of aliphatic hydroxyl groups is 11. The number of piperidine rings is 1. The summed E-state index contributed by atoms with van der Waals surface area (Å²) in [4.78, 5) is 38.0. The summed E-state index contributed by atoms with van der Waals surface area (Å²) in [5, 5.41) is 116. The number of nitrogens with zero attached hydrogens (tertiary/aromatic N) is 2. The monoisotopic (exact) mass is 638 g/mol. The molecular formula is C26H30N4O15. The third-order valence-electron chi connectivity index (χ3n) is 8.00. The molecule has 0 bridgehead atoms. The zero-order valence-electron chi connectivity index (χ0n) is 23.2. The lowest BCUT2D eigenvalue weighted by Crippen LogP contribution is -2.83. The Balaban J connectivity index is 1.31. The molecule has 2 aromatic rings. The Morgan fingerprint density at radius 1 is 0.867 bits per heavy atom. The highest BCUT2D eigenvalue weighted by Gasteiger charge is 2.72. The normalized spacial score (nSPS) is 28.0. The first-order valence-electron chi connectivity index (χ1n) is 13.1. The number of benzene rings is 2. The van der Waals surface area contributed by atoms with E-state index >= 15 is 0 Å². The minimum Gasteiger partial charge on any atom is -0.381 e. The lowest BCUT2D eigenvalue weighted by molar-refractivity contribution is -0.624. The predicted octanol–water partition coefficient (Wildman–Crippen LogP) is -5.90. The minimum absolute atomic E-state index is 0.0136. The molecule has 19 heteroatoms. The van der Waals surface area contributed by atoms with Crippen LogP contribution in [-0.2, 0) is 34.0 Å². The fourth-order valence-electron chi connectivity index (χ4n) is 5.32. The number of anilines is 1. The van der Waals surface area contributed by atoms with Crippen molar-refractivity contribution in [2.24, 2.45) is 0 Å². The second-order valence-corrected chi connectivity index (χ2v) is 11.1. The highest BCUT2D eigenvalue weighted by atomic mass is 16.9. The van der Waals surface area contributed by atoms with Gasteiger partial charge in [-0.05, 0) is 30.2 Å². The molecule has 5 rings (SSSR count). The number of nitrogens with one attached hydrogen (secondary N) is 2. The Labute approximate surface area is 252 Å². The summed E-state index contributed by atoms with van der Waals surface area (Å²) in [7, 11) is 0. The number of carbonyl (C=O) groups excluding carboxylic acids is 3. The van der Waals surface area contributed by atoms with E-state index in [9.17, 15) is 70.6 Å². The first-order chi connectivity index (χ1) is 20.6. The maximum absolute atomic E-state index is 13.1. The molecular weight excluding hydrogens is 608 g/mol. The van der Waals surface area contributed by atoms with Crippen molar-refractivity contribution < 1.29 is 75.3 Å². The maximum atomic E-state index is 13.1. The van der Waals surface area contributed by atoms with Crippen LogP contribution in [0.4, 0.5) is 5.69 Å². The lowest BCUT2D eigenvalue weighted by atomic mass is 9.90. The van der Waals surface area contributed by atoms with E-state index < -0.39 is 72.0 Å². The van der Waals surface area contributed by atoms with Crippen molar-refractivity contribution >= 4 is 23.4 Å². The number of hydrogen-bond donors (Lipinski definition) is 13. The van der Waals surface area contributed by atoms with Gasteiger partial charge in [-0.2, -0.15) is 4.90 Å². The molecule has 3 heterocycles. The van der Waals surface area contributed by atoms with Gasteiger partial charge < -0.3 is 66.4 Å². The molecule has 2 unspecified atom stereocenters. The van der Waals surface area contributed by atoms with Gasteiger partial charge in [0.2, 0.25) is 5.79 Å². The summed E-state index contributed by atoms with van der Waals surface area (Å²) in [6.07, 6.45) is 0. The van der Waals surface area contributed by atoms with Gasteiger partial charge in [-0.1, -0.05) is 30.3 Å². The first kappa shape index (κ1) is 32.7. The Morgan fingerprint density at radius 3 is 2.09 bits per heavy atom. The Morgan fingerprint density at radius 2 is 1.47 bits per heavy atom. The van der Waals surface area contributed by atoms with Crippen molar-refractivity contribution in [1.29, 1.82) is 0 Å². The summed E-state index contributed by atoms with van der Waals surface area (Å²) in [5.41, 5.74) is 1.49. The summed E-state index contributed by atoms with van der Waals surface area (Å²) >= 11 is 0. The molecule has 0 saturated carbocycles. The van der Waals surface area contributed by atoms with Crippen LogP contribution in [0.25, 0.3) is 0 Å². The number of ether oxygens (including phenoxy) is 1. The molecule has 3 amide bonds. The van der Waals surface area contributed by atoms with Crippen molar-refractivity contribution in [2.75, 3.05) is 5.32 Å². The molecule has 2 aromatic carbocycles. The standard InChI is InChI=1S/C26H30N4O15/c1-21(34)24(39,40)30(25(41,42)26(43,44)45-21)10-13-7-5-12(6-8-13)9-27-16-4-2-3-14-15(16)11-29(19(14)32)17-18(31)28-20(33)23(37,38)22(17,35)36/h2-8,17,27,34-44H,9-11H2,1H3,(H,28,31,33). The maximum Gasteiger partial charge on any atom is 0.354 e. The fraction of sp³-hybridized carbons (Fsp3) is 0.423. The third kappa shape index (κ3) is 4.87. The van der Waals surface area contributed by atoms with E-state index in [4.69, 9.17) is 0 Å². The average Bonchev–Trinajstić information content (AvgIpc) is 3.25. The number of rotatable bonds is 6. The van der Waals surface area contributed by atoms with Crippen molar-refractivity contribution in [3.05, 3.63) is 64.7 Å². The fourth-order valence-corrected chi connectivity index (χ4v) is 5.32. The topological polar surface area (TPSA) is 314 Å². The molecule has 13 N–H and O–H groups in total. The van der Waals surface area contributed by atoms with Crippen LogP contribution in [0.15, 0.2) is 42.5 Å². The third-order valence-corrected chi connectivity index (χ3v) is 8.00. The minimum atomic E-state index is -3.84. The number of morpholine rings is 1. The molecule has 0 spiro atoms. The van der Waals surface area contributed by atoms with Gasteiger partial charge in [-0.3, -0.25) is 24.4 Å². The van der Waals surface area contributed by atoms with Gasteiger partial charge >= 0.3 is 17.7 Å². The van der Waals surface area contributed by atoms with Gasteiger partial charge in [0.05, 0.1) is 0 Å². The Bertz CT molecular complexity index is 1530. The zero-order valence-corrected chi connectivity index (χ0v) is 23.2. The summed E-state index contributed by atoms with van der Waals surface area (Å²) in [6.45, 7) is -0.392. The average molecular weight is 639 g/mol. The van der Waals surface area contributed by atoms with Crippen molar-refractivity contribution in [1.82, 2.24) is 15.1 Å². The predicted molar refractivity (Wildman–Crippen MR) is 140 cm³/mol. The van der Waals surface area contributed by atoms with Crippen molar-refractivity contribution in [3.8, 4) is 0 Å². The summed E-state index contributed by atoms with van der Waals surface area (Å²) < 4.78 is 4.27. The van der Waals surface area contributed by atoms with Gasteiger partial charge in [0.1, 0.15) is 0 Å². The molecule has 3 aliphatic rings. The van der Waals surface area contributed by atoms with Crippen LogP contribution >= 0.6 is 0 Å². The van der Waals surface area contributed by atoms with Gasteiger partial charge in [-0.15, -0.1) is 0 Å². The van der Waals surface area contributed by atoms with E-state index in [0.29, 0.717) is 28.6 Å². The largest absolute Gasteiger partial charge is 0.381 e. The van der Waals surface area contributed by atoms with Crippen LogP contribution in [-0.4, -0.2) is 125 Å². The highest BCUT2D eigenvalue weighted by molar-refractivity contribution is 6.08. The highest BCUT2D eigenvalue weighted by Crippen LogP contribution is 2.43. The van der Waals surface area contributed by atoms with Crippen molar-refractivity contribution in [2.45, 2.75) is 67.8 Å². The number of fused-ring (bicyclic) bond motifs is 1. The van der Waals surface area contributed by atoms with Crippen LogP contribution in [0.5, 0.6) is 0 Å². The van der Waals surface area contributed by atoms with Gasteiger partial charge in [0.25, 0.3) is 29.4 Å². The van der Waals surface area contributed by atoms with E-state index in [-0.39, 0.29) is 22.6 Å². The second-order valence-electron chi connectivity index (χ2n) is 11.1. The second kappa shape index (κ2) is 10.2. The smallest absolute Gasteiger partial charge is 0.354 e. The molecule has 0 aliphatic carbocycles. The quantitative estimate of drug-likeness (QED) is 0.103. The van der Waals surface area contributed by atoms with Crippen LogP contribution in [0.2, 0.25) is 0 Å². The van der Waals surface area contributed by atoms with Crippen LogP contribution in [0.3, 0.4) is 0 Å². The number of imide groups is 1.